The second-order valence-electron chi connectivity index (χ2n) is 6.50. The third kappa shape index (κ3) is 4.30. The van der Waals surface area contributed by atoms with Crippen LogP contribution in [0.4, 0.5) is 0 Å². The van der Waals surface area contributed by atoms with E-state index in [9.17, 15) is 4.79 Å². The van der Waals surface area contributed by atoms with Gasteiger partial charge in [-0.1, -0.05) is 19.3 Å². The van der Waals surface area contributed by atoms with Crippen LogP contribution in [0.3, 0.4) is 0 Å². The van der Waals surface area contributed by atoms with Crippen molar-refractivity contribution >= 4 is 17.2 Å². The number of carbonyl (C=O) groups excluding carboxylic acids is 1. The molecule has 1 aromatic rings. The van der Waals surface area contributed by atoms with Crippen molar-refractivity contribution in [3.05, 3.63) is 22.4 Å². The molecule has 0 spiro atoms. The number of piperazine rings is 1. The van der Waals surface area contributed by atoms with Gasteiger partial charge >= 0.3 is 0 Å². The van der Waals surface area contributed by atoms with E-state index >= 15 is 0 Å². The molecule has 2 aliphatic rings. The maximum Gasteiger partial charge on any atom is 0.222 e. The summed E-state index contributed by atoms with van der Waals surface area (Å²) in [6.07, 6.45) is 7.35. The Labute approximate surface area is 131 Å². The predicted molar refractivity (Wildman–Crippen MR) is 87.4 cm³/mol. The number of carbonyl (C=O) groups is 1. The van der Waals surface area contributed by atoms with Gasteiger partial charge in [-0.05, 0) is 41.1 Å². The molecule has 1 aliphatic heterocycles. The smallest absolute Gasteiger partial charge is 0.222 e. The van der Waals surface area contributed by atoms with E-state index in [2.05, 4.69) is 26.6 Å². The molecule has 0 atom stereocenters. The van der Waals surface area contributed by atoms with Gasteiger partial charge in [0.25, 0.3) is 0 Å². The molecular formula is C17H26N2OS. The normalized spacial score (nSPS) is 21.6. The second kappa shape index (κ2) is 7.41. The molecule has 0 radical (unpaired) electrons. The minimum Gasteiger partial charge on any atom is -0.340 e. The van der Waals surface area contributed by atoms with Crippen LogP contribution in [0.15, 0.2) is 16.8 Å². The average Bonchev–Trinajstić information content (AvgIpc) is 3.02. The molecule has 4 heteroatoms. The van der Waals surface area contributed by atoms with Crippen molar-refractivity contribution in [1.82, 2.24) is 9.80 Å². The number of hydrogen-bond acceptors (Lipinski definition) is 3. The molecule has 21 heavy (non-hydrogen) atoms. The first-order valence-corrected chi connectivity index (χ1v) is 9.27. The molecule has 3 rings (SSSR count). The zero-order chi connectivity index (χ0) is 14.5. The van der Waals surface area contributed by atoms with E-state index in [0.717, 1.165) is 39.1 Å². The van der Waals surface area contributed by atoms with Gasteiger partial charge in [0.2, 0.25) is 5.91 Å². The highest BCUT2D eigenvalue weighted by atomic mass is 32.1. The topological polar surface area (TPSA) is 23.6 Å². The Bertz CT molecular complexity index is 432. The van der Waals surface area contributed by atoms with Gasteiger partial charge in [0.05, 0.1) is 0 Å². The monoisotopic (exact) mass is 306 g/mol. The Morgan fingerprint density at radius 2 is 1.90 bits per heavy atom. The fourth-order valence-corrected chi connectivity index (χ4v) is 4.22. The number of thiophene rings is 1. The number of rotatable bonds is 4. The summed E-state index contributed by atoms with van der Waals surface area (Å²) >= 11 is 1.76. The summed E-state index contributed by atoms with van der Waals surface area (Å²) < 4.78 is 0. The van der Waals surface area contributed by atoms with Crippen LogP contribution in [0.2, 0.25) is 0 Å². The standard InChI is InChI=1S/C17H26N2OS/c20-17(12-15-4-2-1-3-5-15)19-9-7-18(8-10-19)13-16-6-11-21-14-16/h6,11,14-15H,1-5,7-10,12-13H2. The van der Waals surface area contributed by atoms with E-state index in [4.69, 9.17) is 0 Å². The summed E-state index contributed by atoms with van der Waals surface area (Å²) in [5, 5.41) is 4.36. The van der Waals surface area contributed by atoms with E-state index in [-0.39, 0.29) is 0 Å². The van der Waals surface area contributed by atoms with Crippen LogP contribution in [-0.4, -0.2) is 41.9 Å². The SMILES string of the molecule is O=C(CC1CCCCC1)N1CCN(Cc2ccsc2)CC1. The Hall–Kier alpha value is -0.870. The van der Waals surface area contributed by atoms with Crippen LogP contribution < -0.4 is 0 Å². The molecule has 2 heterocycles. The van der Waals surface area contributed by atoms with Gasteiger partial charge in [0, 0.05) is 39.1 Å². The molecular weight excluding hydrogens is 280 g/mol. The van der Waals surface area contributed by atoms with Gasteiger partial charge in [0.15, 0.2) is 0 Å². The molecule has 0 bridgehead atoms. The van der Waals surface area contributed by atoms with Gasteiger partial charge in [-0.25, -0.2) is 0 Å². The minimum atomic E-state index is 0.400. The minimum absolute atomic E-state index is 0.400. The first-order chi connectivity index (χ1) is 10.3. The van der Waals surface area contributed by atoms with Crippen LogP contribution >= 0.6 is 11.3 Å². The fourth-order valence-electron chi connectivity index (χ4n) is 3.56. The molecule has 1 amide bonds. The zero-order valence-electron chi connectivity index (χ0n) is 12.8. The summed E-state index contributed by atoms with van der Waals surface area (Å²) in [5.74, 6) is 1.06. The first kappa shape index (κ1) is 15.0. The summed E-state index contributed by atoms with van der Waals surface area (Å²) in [5.41, 5.74) is 1.40. The van der Waals surface area contributed by atoms with E-state index in [0.29, 0.717) is 11.8 Å². The lowest BCUT2D eigenvalue weighted by molar-refractivity contribution is -0.134. The lowest BCUT2D eigenvalue weighted by Gasteiger charge is -2.35. The van der Waals surface area contributed by atoms with Crippen LogP contribution in [0.25, 0.3) is 0 Å². The van der Waals surface area contributed by atoms with Crippen LogP contribution in [0.5, 0.6) is 0 Å². The third-order valence-corrected chi connectivity index (χ3v) is 5.63. The van der Waals surface area contributed by atoms with E-state index < -0.39 is 0 Å². The van der Waals surface area contributed by atoms with Crippen molar-refractivity contribution < 1.29 is 4.79 Å². The zero-order valence-corrected chi connectivity index (χ0v) is 13.6. The van der Waals surface area contributed by atoms with E-state index in [1.165, 1.54) is 37.7 Å². The Balaban J connectivity index is 1.41. The first-order valence-electron chi connectivity index (χ1n) is 8.32. The number of nitrogens with zero attached hydrogens (tertiary/aromatic N) is 2. The summed E-state index contributed by atoms with van der Waals surface area (Å²) in [6.45, 7) is 4.90. The molecule has 1 saturated carbocycles. The average molecular weight is 306 g/mol. The van der Waals surface area contributed by atoms with Crippen LogP contribution in [0.1, 0.15) is 44.1 Å². The van der Waals surface area contributed by atoms with Crippen molar-refractivity contribution in [2.75, 3.05) is 26.2 Å². The number of hydrogen-bond donors (Lipinski definition) is 0. The number of amides is 1. The van der Waals surface area contributed by atoms with Gasteiger partial charge in [-0.3, -0.25) is 9.69 Å². The highest BCUT2D eigenvalue weighted by Crippen LogP contribution is 2.27. The third-order valence-electron chi connectivity index (χ3n) is 4.90. The van der Waals surface area contributed by atoms with Gasteiger partial charge in [-0.2, -0.15) is 11.3 Å². The quantitative estimate of drug-likeness (QED) is 0.851. The highest BCUT2D eigenvalue weighted by Gasteiger charge is 2.24. The molecule has 1 aromatic heterocycles. The van der Waals surface area contributed by atoms with E-state index in [1.54, 1.807) is 11.3 Å². The fraction of sp³-hybridized carbons (Fsp3) is 0.706. The summed E-state index contributed by atoms with van der Waals surface area (Å²) in [7, 11) is 0. The van der Waals surface area contributed by atoms with E-state index in [1.807, 2.05) is 0 Å². The van der Waals surface area contributed by atoms with Crippen LogP contribution in [-0.2, 0) is 11.3 Å². The van der Waals surface area contributed by atoms with Crippen molar-refractivity contribution in [1.29, 1.82) is 0 Å². The molecule has 3 nitrogen and oxygen atoms in total. The lowest BCUT2D eigenvalue weighted by atomic mass is 9.86. The summed E-state index contributed by atoms with van der Waals surface area (Å²) in [6, 6.07) is 2.20. The lowest BCUT2D eigenvalue weighted by Crippen LogP contribution is -2.48. The van der Waals surface area contributed by atoms with Crippen molar-refractivity contribution in [3.8, 4) is 0 Å². The maximum absolute atomic E-state index is 12.4. The van der Waals surface area contributed by atoms with Crippen LogP contribution in [0, 0.1) is 5.92 Å². The van der Waals surface area contributed by atoms with Gasteiger partial charge < -0.3 is 4.90 Å². The molecule has 1 saturated heterocycles. The van der Waals surface area contributed by atoms with Gasteiger partial charge in [-0.15, -0.1) is 0 Å². The Morgan fingerprint density at radius 3 is 2.57 bits per heavy atom. The molecule has 116 valence electrons. The predicted octanol–water partition coefficient (Wildman–Crippen LogP) is 3.36. The molecule has 2 fully saturated rings. The Kier molecular flexibility index (Phi) is 5.31. The van der Waals surface area contributed by atoms with Crippen molar-refractivity contribution in [3.63, 3.8) is 0 Å². The largest absolute Gasteiger partial charge is 0.340 e. The van der Waals surface area contributed by atoms with Crippen molar-refractivity contribution in [2.24, 2.45) is 5.92 Å². The van der Waals surface area contributed by atoms with Crippen molar-refractivity contribution in [2.45, 2.75) is 45.1 Å². The molecule has 0 aromatic carbocycles. The molecule has 1 aliphatic carbocycles. The second-order valence-corrected chi connectivity index (χ2v) is 7.28. The summed E-state index contributed by atoms with van der Waals surface area (Å²) in [4.78, 5) is 17.0. The maximum atomic E-state index is 12.4. The highest BCUT2D eigenvalue weighted by molar-refractivity contribution is 7.07. The molecule has 0 N–H and O–H groups in total. The van der Waals surface area contributed by atoms with Gasteiger partial charge in [0.1, 0.15) is 0 Å². The molecule has 0 unspecified atom stereocenters. The Morgan fingerprint density at radius 1 is 1.14 bits per heavy atom.